The average molecular weight is 391 g/mol. The van der Waals surface area contributed by atoms with Crippen molar-refractivity contribution >= 4 is 29.9 Å². The Labute approximate surface area is 137 Å². The van der Waals surface area contributed by atoms with Crippen LogP contribution >= 0.6 is 24.0 Å². The fraction of sp³-hybridized carbons (Fsp3) is 0.533. The zero-order chi connectivity index (χ0) is 13.5. The van der Waals surface area contributed by atoms with Gasteiger partial charge in [-0.3, -0.25) is 4.99 Å². The molecule has 0 bridgehead atoms. The summed E-state index contributed by atoms with van der Waals surface area (Å²) in [6.45, 7) is 4.66. The van der Waals surface area contributed by atoms with Gasteiger partial charge in [-0.1, -0.05) is 12.1 Å². The number of rotatable bonds is 6. The molecule has 112 valence electrons. The molecule has 0 spiro atoms. The van der Waals surface area contributed by atoms with Crippen LogP contribution in [-0.4, -0.2) is 25.6 Å². The highest BCUT2D eigenvalue weighted by Crippen LogP contribution is 2.28. The second-order valence-corrected chi connectivity index (χ2v) is 4.97. The summed E-state index contributed by atoms with van der Waals surface area (Å²) in [7, 11) is 0. The van der Waals surface area contributed by atoms with Crippen molar-refractivity contribution in [1.29, 1.82) is 0 Å². The summed E-state index contributed by atoms with van der Waals surface area (Å²) >= 11 is 0. The maximum atomic E-state index is 12.8. The van der Waals surface area contributed by atoms with Crippen LogP contribution in [0.15, 0.2) is 29.3 Å². The fourth-order valence-electron chi connectivity index (χ4n) is 1.84. The average Bonchev–Trinajstić information content (AvgIpc) is 3.22. The van der Waals surface area contributed by atoms with Crippen LogP contribution in [0.4, 0.5) is 4.39 Å². The van der Waals surface area contributed by atoms with Gasteiger partial charge in [0.15, 0.2) is 5.96 Å². The second-order valence-electron chi connectivity index (χ2n) is 4.97. The lowest BCUT2D eigenvalue weighted by atomic mass is 10.1. The van der Waals surface area contributed by atoms with Crippen LogP contribution in [-0.2, 0) is 6.42 Å². The molecule has 5 heteroatoms. The molecule has 0 heterocycles. The first kappa shape index (κ1) is 17.2. The van der Waals surface area contributed by atoms with Crippen LogP contribution in [0.2, 0.25) is 0 Å². The van der Waals surface area contributed by atoms with E-state index in [1.54, 1.807) is 0 Å². The number of nitrogens with zero attached hydrogens (tertiary/aromatic N) is 1. The maximum absolute atomic E-state index is 12.8. The molecule has 0 saturated heterocycles. The van der Waals surface area contributed by atoms with Crippen LogP contribution in [0.1, 0.15) is 25.3 Å². The van der Waals surface area contributed by atoms with Crippen molar-refractivity contribution < 1.29 is 4.39 Å². The number of nitrogens with one attached hydrogen (secondary N) is 2. The first-order valence-electron chi connectivity index (χ1n) is 7.04. The third-order valence-electron chi connectivity index (χ3n) is 3.17. The highest BCUT2D eigenvalue weighted by molar-refractivity contribution is 14.0. The van der Waals surface area contributed by atoms with Crippen molar-refractivity contribution in [3.8, 4) is 0 Å². The standard InChI is InChI=1S/C15H22FN3.HI/c1-2-17-15(19-11-13-3-4-13)18-10-9-12-5-7-14(16)8-6-12;/h5-8,13H,2-4,9-11H2,1H3,(H2,17,18,19);1H. The number of guanidine groups is 1. The van der Waals surface area contributed by atoms with Gasteiger partial charge in [0.25, 0.3) is 0 Å². The topological polar surface area (TPSA) is 36.4 Å². The molecule has 2 rings (SSSR count). The Morgan fingerprint density at radius 1 is 1.25 bits per heavy atom. The summed E-state index contributed by atoms with van der Waals surface area (Å²) in [6, 6.07) is 6.65. The Balaban J connectivity index is 0.00000200. The first-order chi connectivity index (χ1) is 9.28. The molecule has 0 amide bonds. The predicted octanol–water partition coefficient (Wildman–Crippen LogP) is 2.95. The highest BCUT2D eigenvalue weighted by atomic mass is 127. The van der Waals surface area contributed by atoms with E-state index >= 15 is 0 Å². The normalized spacial score (nSPS) is 14.6. The smallest absolute Gasteiger partial charge is 0.191 e. The van der Waals surface area contributed by atoms with E-state index in [-0.39, 0.29) is 29.8 Å². The van der Waals surface area contributed by atoms with Gasteiger partial charge >= 0.3 is 0 Å². The Bertz CT molecular complexity index is 416. The van der Waals surface area contributed by atoms with E-state index in [1.165, 1.54) is 25.0 Å². The van der Waals surface area contributed by atoms with Gasteiger partial charge in [-0.25, -0.2) is 4.39 Å². The van der Waals surface area contributed by atoms with Crippen LogP contribution in [0.3, 0.4) is 0 Å². The van der Waals surface area contributed by atoms with E-state index in [0.29, 0.717) is 0 Å². The lowest BCUT2D eigenvalue weighted by molar-refractivity contribution is 0.626. The number of benzene rings is 1. The molecule has 0 unspecified atom stereocenters. The van der Waals surface area contributed by atoms with Crippen LogP contribution in [0.25, 0.3) is 0 Å². The molecule has 0 radical (unpaired) electrons. The molecule has 1 aliphatic rings. The van der Waals surface area contributed by atoms with E-state index < -0.39 is 0 Å². The van der Waals surface area contributed by atoms with E-state index in [9.17, 15) is 4.39 Å². The molecule has 3 nitrogen and oxygen atoms in total. The van der Waals surface area contributed by atoms with Gasteiger partial charge in [-0.15, -0.1) is 24.0 Å². The summed E-state index contributed by atoms with van der Waals surface area (Å²) in [5.41, 5.74) is 1.13. The van der Waals surface area contributed by atoms with Gasteiger partial charge in [-0.05, 0) is 49.8 Å². The molecule has 0 aromatic heterocycles. The van der Waals surface area contributed by atoms with Crippen LogP contribution in [0, 0.1) is 11.7 Å². The Kier molecular flexibility index (Phi) is 7.87. The van der Waals surface area contributed by atoms with Crippen molar-refractivity contribution in [3.05, 3.63) is 35.6 Å². The number of halogens is 2. The summed E-state index contributed by atoms with van der Waals surface area (Å²) < 4.78 is 12.8. The van der Waals surface area contributed by atoms with Crippen molar-refractivity contribution in [3.63, 3.8) is 0 Å². The van der Waals surface area contributed by atoms with Crippen molar-refractivity contribution in [2.24, 2.45) is 10.9 Å². The minimum atomic E-state index is -0.184. The monoisotopic (exact) mass is 391 g/mol. The van der Waals surface area contributed by atoms with Gasteiger partial charge < -0.3 is 10.6 Å². The number of hydrogen-bond donors (Lipinski definition) is 2. The van der Waals surface area contributed by atoms with Gasteiger partial charge in [0.2, 0.25) is 0 Å². The Morgan fingerprint density at radius 3 is 2.55 bits per heavy atom. The zero-order valence-electron chi connectivity index (χ0n) is 11.9. The first-order valence-corrected chi connectivity index (χ1v) is 7.04. The van der Waals surface area contributed by atoms with E-state index in [4.69, 9.17) is 0 Å². The molecular weight excluding hydrogens is 368 g/mol. The SMILES string of the molecule is CCNC(=NCC1CC1)NCCc1ccc(F)cc1.I. The molecule has 1 aromatic carbocycles. The summed E-state index contributed by atoms with van der Waals surface area (Å²) in [5, 5.41) is 6.55. The molecule has 2 N–H and O–H groups in total. The van der Waals surface area contributed by atoms with Gasteiger partial charge in [-0.2, -0.15) is 0 Å². The van der Waals surface area contributed by atoms with E-state index in [2.05, 4.69) is 22.5 Å². The molecule has 1 aromatic rings. The van der Waals surface area contributed by atoms with E-state index in [1.807, 2.05) is 12.1 Å². The van der Waals surface area contributed by atoms with Gasteiger partial charge in [0.05, 0.1) is 0 Å². The number of hydrogen-bond acceptors (Lipinski definition) is 1. The molecule has 1 saturated carbocycles. The highest BCUT2D eigenvalue weighted by Gasteiger charge is 2.20. The molecular formula is C15H23FIN3. The fourth-order valence-corrected chi connectivity index (χ4v) is 1.84. The predicted molar refractivity (Wildman–Crippen MR) is 92.2 cm³/mol. The molecule has 1 aliphatic carbocycles. The summed E-state index contributed by atoms with van der Waals surface area (Å²) in [6.07, 6.45) is 3.51. The van der Waals surface area contributed by atoms with Crippen molar-refractivity contribution in [1.82, 2.24) is 10.6 Å². The van der Waals surface area contributed by atoms with E-state index in [0.717, 1.165) is 43.5 Å². The van der Waals surface area contributed by atoms with Crippen LogP contribution < -0.4 is 10.6 Å². The Morgan fingerprint density at radius 2 is 1.95 bits per heavy atom. The van der Waals surface area contributed by atoms with Gasteiger partial charge in [0, 0.05) is 19.6 Å². The summed E-state index contributed by atoms with van der Waals surface area (Å²) in [5.74, 6) is 1.50. The Hall–Kier alpha value is -0.850. The van der Waals surface area contributed by atoms with Crippen molar-refractivity contribution in [2.45, 2.75) is 26.2 Å². The minimum absolute atomic E-state index is 0. The van der Waals surface area contributed by atoms with Gasteiger partial charge in [0.1, 0.15) is 5.82 Å². The zero-order valence-corrected chi connectivity index (χ0v) is 14.2. The van der Waals surface area contributed by atoms with Crippen molar-refractivity contribution in [2.75, 3.05) is 19.6 Å². The quantitative estimate of drug-likeness (QED) is 0.445. The largest absolute Gasteiger partial charge is 0.357 e. The minimum Gasteiger partial charge on any atom is -0.357 e. The second kappa shape index (κ2) is 9.15. The number of aliphatic imine (C=N–C) groups is 1. The molecule has 1 fully saturated rings. The third-order valence-corrected chi connectivity index (χ3v) is 3.17. The lowest BCUT2D eigenvalue weighted by Gasteiger charge is -2.11. The van der Waals surface area contributed by atoms with Crippen LogP contribution in [0.5, 0.6) is 0 Å². The maximum Gasteiger partial charge on any atom is 0.191 e. The summed E-state index contributed by atoms with van der Waals surface area (Å²) in [4.78, 5) is 4.56. The third kappa shape index (κ3) is 6.54. The molecule has 20 heavy (non-hydrogen) atoms. The molecule has 0 atom stereocenters. The molecule has 0 aliphatic heterocycles. The lowest BCUT2D eigenvalue weighted by Crippen LogP contribution is -2.38.